The predicted molar refractivity (Wildman–Crippen MR) is 71.4 cm³/mol. The average Bonchev–Trinajstić information content (AvgIpc) is 2.61. The number of aromatic nitrogens is 1. The normalized spacial score (nSPS) is 15.3. The lowest BCUT2D eigenvalue weighted by molar-refractivity contribution is 0.591. The van der Waals surface area contributed by atoms with Crippen molar-refractivity contribution in [3.8, 4) is 0 Å². The van der Waals surface area contributed by atoms with Gasteiger partial charge in [0.05, 0.1) is 5.01 Å². The molecule has 1 N–H and O–H groups in total. The topological polar surface area (TPSA) is 42.0 Å². The van der Waals surface area contributed by atoms with Gasteiger partial charge >= 0.3 is 0 Å². The minimum absolute atomic E-state index is 0.287. The maximum atomic E-state index is 11.0. The molecule has 0 radical (unpaired) electrons. The van der Waals surface area contributed by atoms with Crippen LogP contribution in [0.2, 0.25) is 0 Å². The molecule has 0 spiro atoms. The van der Waals surface area contributed by atoms with E-state index in [-0.39, 0.29) is 6.04 Å². The highest BCUT2D eigenvalue weighted by Crippen LogP contribution is 2.20. The fourth-order valence-corrected chi connectivity index (χ4v) is 3.05. The van der Waals surface area contributed by atoms with Crippen molar-refractivity contribution in [1.29, 1.82) is 0 Å². The highest BCUT2D eigenvalue weighted by Gasteiger charge is 2.07. The summed E-state index contributed by atoms with van der Waals surface area (Å²) in [5, 5.41) is 4.54. The van der Waals surface area contributed by atoms with Crippen molar-refractivity contribution in [1.82, 2.24) is 10.3 Å². The third kappa shape index (κ3) is 4.72. The standard InChI is InChI=1S/C11H20N2OS2/c1-8(2)11-13-6-10(15-11)5-12-9(3)7-16(4)14/h6,8-9,12H,5,7H2,1-4H3. The van der Waals surface area contributed by atoms with Gasteiger partial charge in [0, 0.05) is 52.4 Å². The van der Waals surface area contributed by atoms with E-state index in [1.807, 2.05) is 6.20 Å². The van der Waals surface area contributed by atoms with Crippen molar-refractivity contribution < 1.29 is 4.21 Å². The molecule has 0 aliphatic heterocycles. The summed E-state index contributed by atoms with van der Waals surface area (Å²) in [6.45, 7) is 7.19. The highest BCUT2D eigenvalue weighted by atomic mass is 32.2. The number of nitrogens with one attached hydrogen (secondary N) is 1. The molecule has 1 aromatic rings. The van der Waals surface area contributed by atoms with E-state index in [1.165, 1.54) is 9.88 Å². The largest absolute Gasteiger partial charge is 0.308 e. The summed E-state index contributed by atoms with van der Waals surface area (Å²) in [5.41, 5.74) is 0. The van der Waals surface area contributed by atoms with E-state index < -0.39 is 10.8 Å². The van der Waals surface area contributed by atoms with Gasteiger partial charge < -0.3 is 5.32 Å². The van der Waals surface area contributed by atoms with Crippen LogP contribution in [0.25, 0.3) is 0 Å². The Morgan fingerprint density at radius 3 is 2.69 bits per heavy atom. The summed E-state index contributed by atoms with van der Waals surface area (Å²) >= 11 is 1.75. The van der Waals surface area contributed by atoms with Crippen LogP contribution in [0.15, 0.2) is 6.20 Å². The Labute approximate surface area is 104 Å². The summed E-state index contributed by atoms with van der Waals surface area (Å²) in [5.74, 6) is 1.20. The fraction of sp³-hybridized carbons (Fsp3) is 0.727. The van der Waals surface area contributed by atoms with E-state index in [9.17, 15) is 4.21 Å². The second-order valence-electron chi connectivity index (χ2n) is 4.34. The van der Waals surface area contributed by atoms with Crippen LogP contribution in [0.1, 0.15) is 36.6 Å². The van der Waals surface area contributed by atoms with E-state index >= 15 is 0 Å². The van der Waals surface area contributed by atoms with Gasteiger partial charge in [0.25, 0.3) is 0 Å². The van der Waals surface area contributed by atoms with Crippen molar-refractivity contribution in [2.45, 2.75) is 39.3 Å². The molecule has 0 aliphatic rings. The van der Waals surface area contributed by atoms with Gasteiger partial charge in [0.1, 0.15) is 0 Å². The highest BCUT2D eigenvalue weighted by molar-refractivity contribution is 7.84. The smallest absolute Gasteiger partial charge is 0.0953 e. The first-order valence-electron chi connectivity index (χ1n) is 5.47. The summed E-state index contributed by atoms with van der Waals surface area (Å²) in [7, 11) is -0.730. The number of thiazole rings is 1. The molecule has 1 aromatic heterocycles. The lowest BCUT2D eigenvalue weighted by atomic mass is 10.2. The summed E-state index contributed by atoms with van der Waals surface area (Å²) in [6.07, 6.45) is 3.67. The Bertz CT molecular complexity index is 350. The minimum atomic E-state index is -0.730. The van der Waals surface area contributed by atoms with Crippen LogP contribution in [0.5, 0.6) is 0 Å². The summed E-state index contributed by atoms with van der Waals surface area (Å²) in [4.78, 5) is 5.62. The van der Waals surface area contributed by atoms with E-state index in [0.717, 1.165) is 6.54 Å². The van der Waals surface area contributed by atoms with Crippen molar-refractivity contribution in [3.05, 3.63) is 16.1 Å². The molecule has 92 valence electrons. The first-order valence-corrected chi connectivity index (χ1v) is 8.01. The van der Waals surface area contributed by atoms with Crippen molar-refractivity contribution >= 4 is 22.1 Å². The zero-order chi connectivity index (χ0) is 12.1. The fourth-order valence-electron chi connectivity index (χ4n) is 1.36. The maximum absolute atomic E-state index is 11.0. The van der Waals surface area contributed by atoms with Crippen LogP contribution in [0, 0.1) is 0 Å². The molecule has 0 fully saturated rings. The van der Waals surface area contributed by atoms with Crippen molar-refractivity contribution in [2.24, 2.45) is 0 Å². The molecule has 3 nitrogen and oxygen atoms in total. The van der Waals surface area contributed by atoms with Gasteiger partial charge in [-0.3, -0.25) is 4.21 Å². The number of nitrogens with zero attached hydrogens (tertiary/aromatic N) is 1. The summed E-state index contributed by atoms with van der Waals surface area (Å²) < 4.78 is 11.0. The van der Waals surface area contributed by atoms with Crippen LogP contribution < -0.4 is 5.32 Å². The van der Waals surface area contributed by atoms with E-state index in [0.29, 0.717) is 11.7 Å². The lowest BCUT2D eigenvalue weighted by Gasteiger charge is -2.10. The number of rotatable bonds is 6. The Hall–Kier alpha value is -0.260. The van der Waals surface area contributed by atoms with E-state index in [2.05, 4.69) is 31.1 Å². The Morgan fingerprint density at radius 1 is 1.50 bits per heavy atom. The molecule has 1 heterocycles. The molecule has 1 rings (SSSR count). The van der Waals surface area contributed by atoms with E-state index in [4.69, 9.17) is 0 Å². The monoisotopic (exact) mass is 260 g/mol. The minimum Gasteiger partial charge on any atom is -0.308 e. The molecule has 2 unspecified atom stereocenters. The molecule has 0 saturated carbocycles. The molecule has 2 atom stereocenters. The molecule has 0 aliphatic carbocycles. The van der Waals surface area contributed by atoms with Crippen LogP contribution in [-0.4, -0.2) is 27.2 Å². The quantitative estimate of drug-likeness (QED) is 0.852. The maximum Gasteiger partial charge on any atom is 0.0953 e. The van der Waals surface area contributed by atoms with Crippen LogP contribution in [0.3, 0.4) is 0 Å². The van der Waals surface area contributed by atoms with Gasteiger partial charge in [0.15, 0.2) is 0 Å². The van der Waals surface area contributed by atoms with Gasteiger partial charge in [0.2, 0.25) is 0 Å². The third-order valence-electron chi connectivity index (χ3n) is 2.17. The molecule has 0 saturated heterocycles. The Balaban J connectivity index is 2.39. The van der Waals surface area contributed by atoms with Crippen molar-refractivity contribution in [2.75, 3.05) is 12.0 Å². The average molecular weight is 260 g/mol. The third-order valence-corrected chi connectivity index (χ3v) is 4.44. The SMILES string of the molecule is CC(CS(C)=O)NCc1cnc(C(C)C)s1. The molecule has 16 heavy (non-hydrogen) atoms. The second kappa shape index (κ2) is 6.47. The zero-order valence-electron chi connectivity index (χ0n) is 10.3. The molecule has 0 amide bonds. The van der Waals surface area contributed by atoms with Gasteiger partial charge in [-0.1, -0.05) is 13.8 Å². The Kier molecular flexibility index (Phi) is 5.58. The molecular formula is C11H20N2OS2. The van der Waals surface area contributed by atoms with Crippen LogP contribution in [0.4, 0.5) is 0 Å². The van der Waals surface area contributed by atoms with Crippen molar-refractivity contribution in [3.63, 3.8) is 0 Å². The predicted octanol–water partition coefficient (Wildman–Crippen LogP) is 2.12. The molecule has 0 aromatic carbocycles. The molecule has 5 heteroatoms. The molecular weight excluding hydrogens is 240 g/mol. The van der Waals surface area contributed by atoms with E-state index in [1.54, 1.807) is 17.6 Å². The second-order valence-corrected chi connectivity index (χ2v) is 6.97. The van der Waals surface area contributed by atoms with Crippen LogP contribution >= 0.6 is 11.3 Å². The summed E-state index contributed by atoms with van der Waals surface area (Å²) in [6, 6.07) is 0.287. The van der Waals surface area contributed by atoms with Gasteiger partial charge in [-0.25, -0.2) is 4.98 Å². The zero-order valence-corrected chi connectivity index (χ0v) is 12.0. The van der Waals surface area contributed by atoms with Gasteiger partial charge in [-0.05, 0) is 6.92 Å². The first-order chi connectivity index (χ1) is 7.49. The Morgan fingerprint density at radius 2 is 2.19 bits per heavy atom. The number of hydrogen-bond acceptors (Lipinski definition) is 4. The van der Waals surface area contributed by atoms with Crippen LogP contribution in [-0.2, 0) is 17.3 Å². The lowest BCUT2D eigenvalue weighted by Crippen LogP contribution is -2.30. The number of hydrogen-bond donors (Lipinski definition) is 1. The van der Waals surface area contributed by atoms with Gasteiger partial charge in [-0.15, -0.1) is 11.3 Å². The first kappa shape index (κ1) is 13.8. The molecule has 0 bridgehead atoms. The van der Waals surface area contributed by atoms with Gasteiger partial charge in [-0.2, -0.15) is 0 Å².